The van der Waals surface area contributed by atoms with Crippen molar-refractivity contribution in [3.63, 3.8) is 0 Å². The van der Waals surface area contributed by atoms with Crippen LogP contribution in [-0.2, 0) is 19.2 Å². The maximum absolute atomic E-state index is 12.0. The van der Waals surface area contributed by atoms with E-state index in [1.54, 1.807) is 19.1 Å². The quantitative estimate of drug-likeness (QED) is 0.438. The van der Waals surface area contributed by atoms with Crippen LogP contribution in [0.1, 0.15) is 23.6 Å². The van der Waals surface area contributed by atoms with Crippen LogP contribution in [0.15, 0.2) is 41.6 Å². The number of carbonyl (C=O) groups excluding carboxylic acids is 2. The third-order valence-electron chi connectivity index (χ3n) is 4.28. The van der Waals surface area contributed by atoms with Gasteiger partial charge in [-0.25, -0.2) is 4.79 Å². The van der Waals surface area contributed by atoms with Crippen LogP contribution in [-0.4, -0.2) is 37.6 Å². The first kappa shape index (κ1) is 20.2. The number of nitrogens with zero attached hydrogens (tertiary/aromatic N) is 1. The summed E-state index contributed by atoms with van der Waals surface area (Å²) in [6.45, 7) is 4.90. The van der Waals surface area contributed by atoms with Crippen LogP contribution in [0.4, 0.5) is 5.69 Å². The zero-order chi connectivity index (χ0) is 20.8. The Hall–Kier alpha value is -3.55. The number of rotatable bonds is 7. The summed E-state index contributed by atoms with van der Waals surface area (Å²) in [5.41, 5.74) is 3.91. The molecule has 8 nitrogen and oxygen atoms in total. The largest absolute Gasteiger partial charge is 0.454 e. The number of oxime groups is 1. The number of nitrogens with one attached hydrogen (secondary N) is 1. The molecule has 1 aliphatic heterocycles. The molecule has 29 heavy (non-hydrogen) atoms. The van der Waals surface area contributed by atoms with Crippen molar-refractivity contribution in [3.05, 3.63) is 53.1 Å². The maximum atomic E-state index is 12.0. The highest BCUT2D eigenvalue weighted by Gasteiger charge is 2.14. The zero-order valence-corrected chi connectivity index (χ0v) is 16.5. The van der Waals surface area contributed by atoms with E-state index in [0.717, 1.165) is 16.7 Å². The van der Waals surface area contributed by atoms with E-state index in [-0.39, 0.29) is 6.79 Å². The Kier molecular flexibility index (Phi) is 6.33. The van der Waals surface area contributed by atoms with Gasteiger partial charge in [0, 0.05) is 11.3 Å². The average molecular weight is 398 g/mol. The van der Waals surface area contributed by atoms with Crippen molar-refractivity contribution in [2.75, 3.05) is 25.3 Å². The molecular weight excluding hydrogens is 376 g/mol. The lowest BCUT2D eigenvalue weighted by Crippen LogP contribution is -2.23. The molecule has 1 heterocycles. The summed E-state index contributed by atoms with van der Waals surface area (Å²) in [7, 11) is 0. The molecule has 1 amide bonds. The SMILES string of the molecule is C/C(=N/OCC(=O)OCC(=O)Nc1c(C)cccc1C)c1ccc2c(c1)OCO2. The molecule has 3 rings (SSSR count). The van der Waals surface area contributed by atoms with Gasteiger partial charge in [-0.05, 0) is 50.1 Å². The van der Waals surface area contributed by atoms with Crippen molar-refractivity contribution < 1.29 is 28.6 Å². The van der Waals surface area contributed by atoms with Gasteiger partial charge >= 0.3 is 5.97 Å². The molecule has 2 aromatic carbocycles. The number of amides is 1. The summed E-state index contributed by atoms with van der Waals surface area (Å²) in [4.78, 5) is 28.8. The van der Waals surface area contributed by atoms with E-state index in [9.17, 15) is 9.59 Å². The lowest BCUT2D eigenvalue weighted by atomic mass is 10.1. The van der Waals surface area contributed by atoms with Gasteiger partial charge in [-0.3, -0.25) is 4.79 Å². The van der Waals surface area contributed by atoms with E-state index in [1.165, 1.54) is 0 Å². The maximum Gasteiger partial charge on any atom is 0.347 e. The Morgan fingerprint density at radius 2 is 1.79 bits per heavy atom. The standard InChI is InChI=1S/C21H22N2O6/c1-13-5-4-6-14(2)21(13)22-19(24)10-26-20(25)11-29-23-15(3)16-7-8-17-18(9-16)28-12-27-17/h4-9H,10-12H2,1-3H3,(H,22,24)/b23-15-. The van der Waals surface area contributed by atoms with E-state index in [0.29, 0.717) is 22.9 Å². The summed E-state index contributed by atoms with van der Waals surface area (Å²) in [5, 5.41) is 6.64. The van der Waals surface area contributed by atoms with Gasteiger partial charge in [0.05, 0.1) is 5.71 Å². The van der Waals surface area contributed by atoms with Gasteiger partial charge in [-0.1, -0.05) is 23.4 Å². The molecule has 0 bridgehead atoms. The summed E-state index contributed by atoms with van der Waals surface area (Å²) >= 11 is 0. The van der Waals surface area contributed by atoms with Crippen LogP contribution in [0.25, 0.3) is 0 Å². The van der Waals surface area contributed by atoms with E-state index >= 15 is 0 Å². The third kappa shape index (κ3) is 5.25. The lowest BCUT2D eigenvalue weighted by Gasteiger charge is -2.11. The summed E-state index contributed by atoms with van der Waals surface area (Å²) < 4.78 is 15.5. The third-order valence-corrected chi connectivity index (χ3v) is 4.28. The van der Waals surface area contributed by atoms with Crippen LogP contribution in [0.2, 0.25) is 0 Å². The number of para-hydroxylation sites is 1. The lowest BCUT2D eigenvalue weighted by molar-refractivity contribution is -0.151. The molecule has 1 N–H and O–H groups in total. The van der Waals surface area contributed by atoms with E-state index in [1.807, 2.05) is 38.1 Å². The highest BCUT2D eigenvalue weighted by molar-refractivity contribution is 5.99. The second-order valence-corrected chi connectivity index (χ2v) is 6.49. The van der Waals surface area contributed by atoms with Crippen molar-refractivity contribution in [2.24, 2.45) is 5.16 Å². The molecule has 0 saturated carbocycles. The first-order valence-electron chi connectivity index (χ1n) is 9.02. The molecule has 2 aromatic rings. The molecule has 8 heteroatoms. The molecule has 0 aromatic heterocycles. The Labute approximate surface area is 168 Å². The first-order valence-corrected chi connectivity index (χ1v) is 9.02. The normalized spacial score (nSPS) is 12.4. The minimum Gasteiger partial charge on any atom is -0.454 e. The summed E-state index contributed by atoms with van der Waals surface area (Å²) in [6, 6.07) is 11.1. The van der Waals surface area contributed by atoms with Crippen molar-refractivity contribution >= 4 is 23.3 Å². The number of aryl methyl sites for hydroxylation is 2. The predicted octanol–water partition coefficient (Wildman–Crippen LogP) is 2.95. The molecular formula is C21H22N2O6. The number of hydrogen-bond donors (Lipinski definition) is 1. The van der Waals surface area contributed by atoms with E-state index in [2.05, 4.69) is 10.5 Å². The van der Waals surface area contributed by atoms with Gasteiger partial charge in [0.25, 0.3) is 5.91 Å². The highest BCUT2D eigenvalue weighted by atomic mass is 16.7. The molecule has 0 fully saturated rings. The molecule has 0 saturated heterocycles. The topological polar surface area (TPSA) is 95.5 Å². The average Bonchev–Trinajstić information content (AvgIpc) is 3.17. The second-order valence-electron chi connectivity index (χ2n) is 6.49. The summed E-state index contributed by atoms with van der Waals surface area (Å²) in [6.07, 6.45) is 0. The number of anilines is 1. The van der Waals surface area contributed by atoms with Crippen molar-refractivity contribution in [1.82, 2.24) is 0 Å². The number of hydrogen-bond acceptors (Lipinski definition) is 7. The molecule has 1 aliphatic rings. The van der Waals surface area contributed by atoms with Crippen molar-refractivity contribution in [3.8, 4) is 11.5 Å². The fraction of sp³-hybridized carbons (Fsp3) is 0.286. The highest BCUT2D eigenvalue weighted by Crippen LogP contribution is 2.32. The predicted molar refractivity (Wildman–Crippen MR) is 106 cm³/mol. The van der Waals surface area contributed by atoms with Crippen LogP contribution in [0, 0.1) is 13.8 Å². The summed E-state index contributed by atoms with van der Waals surface area (Å²) in [5.74, 6) is 0.191. The van der Waals surface area contributed by atoms with Crippen LogP contribution in [0.3, 0.4) is 0 Å². The first-order chi connectivity index (χ1) is 13.9. The zero-order valence-electron chi connectivity index (χ0n) is 16.5. The van der Waals surface area contributed by atoms with Crippen LogP contribution in [0.5, 0.6) is 11.5 Å². The van der Waals surface area contributed by atoms with Gasteiger partial charge in [-0.15, -0.1) is 0 Å². The van der Waals surface area contributed by atoms with E-state index in [4.69, 9.17) is 19.0 Å². The fourth-order valence-corrected chi connectivity index (χ4v) is 2.73. The number of benzene rings is 2. The Balaban J connectivity index is 1.44. The molecule has 0 spiro atoms. The number of esters is 1. The molecule has 0 radical (unpaired) electrons. The number of carbonyl (C=O) groups is 2. The van der Waals surface area contributed by atoms with Gasteiger partial charge in [0.2, 0.25) is 13.4 Å². The van der Waals surface area contributed by atoms with Gasteiger partial charge < -0.3 is 24.4 Å². The monoisotopic (exact) mass is 398 g/mol. The Morgan fingerprint density at radius 1 is 1.07 bits per heavy atom. The Morgan fingerprint density at radius 3 is 2.55 bits per heavy atom. The van der Waals surface area contributed by atoms with E-state index < -0.39 is 25.1 Å². The van der Waals surface area contributed by atoms with Crippen LogP contribution < -0.4 is 14.8 Å². The molecule has 152 valence electrons. The van der Waals surface area contributed by atoms with Crippen molar-refractivity contribution in [2.45, 2.75) is 20.8 Å². The number of fused-ring (bicyclic) bond motifs is 1. The minimum absolute atomic E-state index is 0.189. The Bertz CT molecular complexity index is 934. The smallest absolute Gasteiger partial charge is 0.347 e. The van der Waals surface area contributed by atoms with Gasteiger partial charge in [0.15, 0.2) is 18.1 Å². The fourth-order valence-electron chi connectivity index (χ4n) is 2.73. The molecule has 0 unspecified atom stereocenters. The molecule has 0 atom stereocenters. The van der Waals surface area contributed by atoms with Crippen molar-refractivity contribution in [1.29, 1.82) is 0 Å². The second kappa shape index (κ2) is 9.09. The minimum atomic E-state index is -0.691. The number of ether oxygens (including phenoxy) is 3. The van der Waals surface area contributed by atoms with Gasteiger partial charge in [-0.2, -0.15) is 0 Å². The van der Waals surface area contributed by atoms with Crippen LogP contribution >= 0.6 is 0 Å². The van der Waals surface area contributed by atoms with Gasteiger partial charge in [0.1, 0.15) is 0 Å². The molecule has 0 aliphatic carbocycles.